The van der Waals surface area contributed by atoms with Gasteiger partial charge in [-0.25, -0.2) is 4.79 Å². The van der Waals surface area contributed by atoms with Crippen LogP contribution in [0.1, 0.15) is 31.1 Å². The predicted octanol–water partition coefficient (Wildman–Crippen LogP) is 4.30. The number of aryl methyl sites for hydroxylation is 1. The fraction of sp³-hybridized carbons (Fsp3) is 0.278. The van der Waals surface area contributed by atoms with Gasteiger partial charge in [-0.3, -0.25) is 0 Å². The molecule has 0 spiro atoms. The number of aromatic nitrogens is 1. The van der Waals surface area contributed by atoms with E-state index in [1.165, 1.54) is 0 Å². The molecule has 1 aromatic heterocycles. The SMILES string of the molecule is CCn1c2ccc(OC(C)C)cc2c2cc(C(=O)O)ccc21. The molecule has 1 heterocycles. The first kappa shape index (κ1) is 14.4. The molecule has 0 bridgehead atoms. The number of rotatable bonds is 4. The molecule has 0 amide bonds. The largest absolute Gasteiger partial charge is 0.491 e. The number of carboxylic acids is 1. The van der Waals surface area contributed by atoms with Crippen molar-refractivity contribution in [1.82, 2.24) is 4.57 Å². The van der Waals surface area contributed by atoms with Crippen LogP contribution in [-0.2, 0) is 6.54 Å². The molecular weight excluding hydrogens is 278 g/mol. The molecule has 0 saturated heterocycles. The molecule has 0 unspecified atom stereocenters. The van der Waals surface area contributed by atoms with Crippen LogP contribution in [0.15, 0.2) is 36.4 Å². The smallest absolute Gasteiger partial charge is 0.335 e. The molecule has 3 rings (SSSR count). The van der Waals surface area contributed by atoms with Crippen LogP contribution in [0.3, 0.4) is 0 Å². The van der Waals surface area contributed by atoms with Gasteiger partial charge in [0.15, 0.2) is 0 Å². The Morgan fingerprint density at radius 3 is 2.36 bits per heavy atom. The summed E-state index contributed by atoms with van der Waals surface area (Å²) in [7, 11) is 0. The van der Waals surface area contributed by atoms with E-state index in [4.69, 9.17) is 4.74 Å². The summed E-state index contributed by atoms with van der Waals surface area (Å²) in [6.45, 7) is 6.89. The van der Waals surface area contributed by atoms with Gasteiger partial charge in [0.05, 0.1) is 11.7 Å². The molecule has 0 aliphatic carbocycles. The zero-order valence-electron chi connectivity index (χ0n) is 13.0. The first-order chi connectivity index (χ1) is 10.5. The maximum Gasteiger partial charge on any atom is 0.335 e. The van der Waals surface area contributed by atoms with Crippen molar-refractivity contribution >= 4 is 27.8 Å². The lowest BCUT2D eigenvalue weighted by Crippen LogP contribution is -2.05. The van der Waals surface area contributed by atoms with E-state index in [1.807, 2.05) is 38.1 Å². The van der Waals surface area contributed by atoms with Crippen molar-refractivity contribution in [2.75, 3.05) is 0 Å². The molecule has 0 atom stereocenters. The van der Waals surface area contributed by atoms with Crippen LogP contribution in [0.25, 0.3) is 21.8 Å². The lowest BCUT2D eigenvalue weighted by Gasteiger charge is -2.10. The Kier molecular flexibility index (Phi) is 3.53. The van der Waals surface area contributed by atoms with E-state index in [9.17, 15) is 9.90 Å². The molecule has 4 heteroatoms. The molecule has 3 aromatic rings. The number of hydrogen-bond acceptors (Lipinski definition) is 2. The molecule has 2 aromatic carbocycles. The summed E-state index contributed by atoms with van der Waals surface area (Å²) in [5, 5.41) is 11.2. The van der Waals surface area contributed by atoms with Gasteiger partial charge in [-0.1, -0.05) is 0 Å². The molecule has 114 valence electrons. The summed E-state index contributed by atoms with van der Waals surface area (Å²) in [6.07, 6.45) is 0.103. The third-order valence-corrected chi connectivity index (χ3v) is 3.77. The highest BCUT2D eigenvalue weighted by molar-refractivity contribution is 6.10. The molecule has 1 N–H and O–H groups in total. The monoisotopic (exact) mass is 297 g/mol. The van der Waals surface area contributed by atoms with Gasteiger partial charge in [0.25, 0.3) is 0 Å². The van der Waals surface area contributed by atoms with Crippen molar-refractivity contribution in [3.05, 3.63) is 42.0 Å². The number of carboxylic acid groups (broad SMARTS) is 1. The third kappa shape index (κ3) is 2.30. The molecule has 22 heavy (non-hydrogen) atoms. The minimum absolute atomic E-state index is 0.103. The number of hydrogen-bond donors (Lipinski definition) is 1. The van der Waals surface area contributed by atoms with Crippen LogP contribution in [0.2, 0.25) is 0 Å². The highest BCUT2D eigenvalue weighted by Gasteiger charge is 2.13. The van der Waals surface area contributed by atoms with E-state index in [1.54, 1.807) is 12.1 Å². The lowest BCUT2D eigenvalue weighted by molar-refractivity contribution is 0.0697. The van der Waals surface area contributed by atoms with E-state index in [-0.39, 0.29) is 6.10 Å². The second-order valence-electron chi connectivity index (χ2n) is 5.63. The Bertz CT molecular complexity index is 862. The van der Waals surface area contributed by atoms with Gasteiger partial charge in [-0.15, -0.1) is 0 Å². The Morgan fingerprint density at radius 2 is 1.77 bits per heavy atom. The summed E-state index contributed by atoms with van der Waals surface area (Å²) in [4.78, 5) is 11.2. The standard InChI is InChI=1S/C18H19NO3/c1-4-19-16-7-5-12(18(20)21)9-14(16)15-10-13(22-11(2)3)6-8-17(15)19/h5-11H,4H2,1-3H3,(H,20,21). The van der Waals surface area contributed by atoms with Crippen molar-refractivity contribution in [3.8, 4) is 5.75 Å². The van der Waals surface area contributed by atoms with Crippen LogP contribution >= 0.6 is 0 Å². The van der Waals surface area contributed by atoms with Crippen LogP contribution in [0.4, 0.5) is 0 Å². The second kappa shape index (κ2) is 5.37. The molecular formula is C18H19NO3. The normalized spacial score (nSPS) is 11.5. The highest BCUT2D eigenvalue weighted by atomic mass is 16.5. The fourth-order valence-corrected chi connectivity index (χ4v) is 2.90. The Balaban J connectivity index is 2.32. The van der Waals surface area contributed by atoms with E-state index < -0.39 is 5.97 Å². The van der Waals surface area contributed by atoms with Gasteiger partial charge < -0.3 is 14.4 Å². The Hall–Kier alpha value is -2.49. The van der Waals surface area contributed by atoms with E-state index in [0.29, 0.717) is 5.56 Å². The lowest BCUT2D eigenvalue weighted by atomic mass is 10.1. The van der Waals surface area contributed by atoms with Gasteiger partial charge in [-0.05, 0) is 57.2 Å². The number of fused-ring (bicyclic) bond motifs is 3. The van der Waals surface area contributed by atoms with Crippen molar-refractivity contribution in [2.45, 2.75) is 33.4 Å². The maximum absolute atomic E-state index is 11.2. The van der Waals surface area contributed by atoms with E-state index in [2.05, 4.69) is 11.5 Å². The fourth-order valence-electron chi connectivity index (χ4n) is 2.90. The first-order valence-electron chi connectivity index (χ1n) is 7.47. The molecule has 0 aliphatic heterocycles. The van der Waals surface area contributed by atoms with Crippen LogP contribution in [-0.4, -0.2) is 21.7 Å². The van der Waals surface area contributed by atoms with Crippen molar-refractivity contribution < 1.29 is 14.6 Å². The zero-order valence-corrected chi connectivity index (χ0v) is 13.0. The van der Waals surface area contributed by atoms with Crippen LogP contribution in [0, 0.1) is 0 Å². The highest BCUT2D eigenvalue weighted by Crippen LogP contribution is 2.32. The predicted molar refractivity (Wildman–Crippen MR) is 87.8 cm³/mol. The van der Waals surface area contributed by atoms with Crippen LogP contribution < -0.4 is 4.74 Å². The third-order valence-electron chi connectivity index (χ3n) is 3.77. The zero-order chi connectivity index (χ0) is 15.9. The van der Waals surface area contributed by atoms with Crippen molar-refractivity contribution in [2.24, 2.45) is 0 Å². The Labute approximate surface area is 128 Å². The average molecular weight is 297 g/mol. The topological polar surface area (TPSA) is 51.5 Å². The molecule has 0 radical (unpaired) electrons. The molecule has 0 fully saturated rings. The first-order valence-corrected chi connectivity index (χ1v) is 7.47. The van der Waals surface area contributed by atoms with Crippen molar-refractivity contribution in [3.63, 3.8) is 0 Å². The maximum atomic E-state index is 11.2. The van der Waals surface area contributed by atoms with Crippen LogP contribution in [0.5, 0.6) is 5.75 Å². The summed E-state index contributed by atoms with van der Waals surface area (Å²) >= 11 is 0. The van der Waals surface area contributed by atoms with Gasteiger partial charge in [-0.2, -0.15) is 0 Å². The number of nitrogens with zero attached hydrogens (tertiary/aromatic N) is 1. The summed E-state index contributed by atoms with van der Waals surface area (Å²) in [5.41, 5.74) is 2.44. The van der Waals surface area contributed by atoms with Gasteiger partial charge in [0, 0.05) is 28.4 Å². The van der Waals surface area contributed by atoms with Gasteiger partial charge in [0.2, 0.25) is 0 Å². The average Bonchev–Trinajstić information content (AvgIpc) is 2.79. The summed E-state index contributed by atoms with van der Waals surface area (Å²) in [6, 6.07) is 11.3. The Morgan fingerprint density at radius 1 is 1.14 bits per heavy atom. The molecule has 0 saturated carbocycles. The number of benzene rings is 2. The number of ether oxygens (including phenoxy) is 1. The quantitative estimate of drug-likeness (QED) is 0.781. The minimum Gasteiger partial charge on any atom is -0.491 e. The van der Waals surface area contributed by atoms with E-state index >= 15 is 0 Å². The van der Waals surface area contributed by atoms with E-state index in [0.717, 1.165) is 34.1 Å². The summed E-state index contributed by atoms with van der Waals surface area (Å²) < 4.78 is 7.96. The van der Waals surface area contributed by atoms with Crippen molar-refractivity contribution in [1.29, 1.82) is 0 Å². The summed E-state index contributed by atoms with van der Waals surface area (Å²) in [5.74, 6) is -0.104. The van der Waals surface area contributed by atoms with Gasteiger partial charge >= 0.3 is 5.97 Å². The molecule has 0 aliphatic rings. The molecule has 4 nitrogen and oxygen atoms in total. The minimum atomic E-state index is -0.908. The van der Waals surface area contributed by atoms with Gasteiger partial charge in [0.1, 0.15) is 5.75 Å². The second-order valence-corrected chi connectivity index (χ2v) is 5.63. The number of carbonyl (C=O) groups is 1. The number of aromatic carboxylic acids is 1.